The Kier molecular flexibility index (Phi) is 7.02. The molecule has 3 rings (SSSR count). The predicted octanol–water partition coefficient (Wildman–Crippen LogP) is 3.74. The Morgan fingerprint density at radius 3 is 2.52 bits per heavy atom. The van der Waals surface area contributed by atoms with Crippen LogP contribution in [-0.4, -0.2) is 68.1 Å². The van der Waals surface area contributed by atoms with Gasteiger partial charge in [0.05, 0.1) is 24.8 Å². The van der Waals surface area contributed by atoms with Crippen molar-refractivity contribution in [3.8, 4) is 0 Å². The van der Waals surface area contributed by atoms with Crippen molar-refractivity contribution in [2.75, 3.05) is 46.4 Å². The van der Waals surface area contributed by atoms with Gasteiger partial charge in [-0.05, 0) is 31.5 Å². The third-order valence-corrected chi connectivity index (χ3v) is 6.50. The second-order valence-corrected chi connectivity index (χ2v) is 8.25. The molecular formula is C22H31F3N2O2. The Bertz CT molecular complexity index is 698. The highest BCUT2D eigenvalue weighted by molar-refractivity contribution is 5.86. The van der Waals surface area contributed by atoms with E-state index in [0.29, 0.717) is 18.5 Å². The minimum Gasteiger partial charge on any atom is -0.379 e. The maximum atomic E-state index is 13.3. The number of hydrogen-bond donors (Lipinski definition) is 0. The van der Waals surface area contributed by atoms with Gasteiger partial charge < -0.3 is 4.74 Å². The van der Waals surface area contributed by atoms with Gasteiger partial charge in [0.25, 0.3) is 0 Å². The Labute approximate surface area is 171 Å². The zero-order chi connectivity index (χ0) is 21.1. The maximum absolute atomic E-state index is 13.3. The van der Waals surface area contributed by atoms with Crippen molar-refractivity contribution >= 4 is 5.78 Å². The molecule has 2 aliphatic rings. The topological polar surface area (TPSA) is 32.8 Å². The van der Waals surface area contributed by atoms with Crippen LogP contribution in [0, 0.1) is 0 Å². The fraction of sp³-hybridized carbons (Fsp3) is 0.682. The van der Waals surface area contributed by atoms with E-state index in [-0.39, 0.29) is 5.78 Å². The van der Waals surface area contributed by atoms with Gasteiger partial charge in [0.2, 0.25) is 0 Å². The highest BCUT2D eigenvalue weighted by atomic mass is 19.4. The van der Waals surface area contributed by atoms with Crippen LogP contribution in [-0.2, 0) is 21.1 Å². The fourth-order valence-electron chi connectivity index (χ4n) is 4.71. The molecule has 1 aromatic rings. The second-order valence-electron chi connectivity index (χ2n) is 8.25. The molecule has 0 amide bonds. The molecule has 1 unspecified atom stereocenters. The number of likely N-dealkylation sites (N-methyl/N-ethyl adjacent to an activating group) is 1. The molecule has 1 aromatic carbocycles. The SMILES string of the molecule is CCC(=O)C(N(C)CCN1CCOCC1)C1(c2cccc(C(F)(F)F)c2)CCC1. The van der Waals surface area contributed by atoms with Crippen LogP contribution in [0.2, 0.25) is 0 Å². The van der Waals surface area contributed by atoms with E-state index in [4.69, 9.17) is 4.74 Å². The zero-order valence-electron chi connectivity index (χ0n) is 17.3. The lowest BCUT2D eigenvalue weighted by Gasteiger charge is -2.51. The molecule has 1 aliphatic heterocycles. The minimum absolute atomic E-state index is 0.103. The summed E-state index contributed by atoms with van der Waals surface area (Å²) in [6.45, 7) is 6.55. The number of carbonyl (C=O) groups excluding carboxylic acids is 1. The van der Waals surface area contributed by atoms with Crippen molar-refractivity contribution < 1.29 is 22.7 Å². The first kappa shape index (κ1) is 22.2. The monoisotopic (exact) mass is 412 g/mol. The molecule has 0 bridgehead atoms. The lowest BCUT2D eigenvalue weighted by molar-refractivity contribution is -0.137. The summed E-state index contributed by atoms with van der Waals surface area (Å²) in [6, 6.07) is 5.20. The minimum atomic E-state index is -4.38. The van der Waals surface area contributed by atoms with Crippen LogP contribution in [0.15, 0.2) is 24.3 Å². The van der Waals surface area contributed by atoms with E-state index in [1.165, 1.54) is 12.1 Å². The van der Waals surface area contributed by atoms with Crippen molar-refractivity contribution in [3.63, 3.8) is 0 Å². The number of Topliss-reactive ketones (excluding diaryl/α,β-unsaturated/α-hetero) is 1. The first-order valence-electron chi connectivity index (χ1n) is 10.5. The summed E-state index contributed by atoms with van der Waals surface area (Å²) in [5, 5.41) is 0. The van der Waals surface area contributed by atoms with E-state index in [9.17, 15) is 18.0 Å². The first-order chi connectivity index (χ1) is 13.8. The Morgan fingerprint density at radius 1 is 1.28 bits per heavy atom. The third kappa shape index (κ3) is 4.84. The van der Waals surface area contributed by atoms with Gasteiger partial charge in [-0.2, -0.15) is 13.2 Å². The standard InChI is InChI=1S/C22H31F3N2O2/c1-3-19(28)20(26(2)10-11-27-12-14-29-15-13-27)21(8-5-9-21)17-6-4-7-18(16-17)22(23,24)25/h4,6-7,16,20H,3,5,8-15H2,1-2H3. The molecule has 0 radical (unpaired) electrons. The smallest absolute Gasteiger partial charge is 0.379 e. The molecule has 0 spiro atoms. The molecule has 1 atom stereocenters. The highest BCUT2D eigenvalue weighted by Gasteiger charge is 2.50. The van der Waals surface area contributed by atoms with Gasteiger partial charge in [-0.15, -0.1) is 0 Å². The predicted molar refractivity (Wildman–Crippen MR) is 106 cm³/mol. The number of benzene rings is 1. The van der Waals surface area contributed by atoms with Gasteiger partial charge in [-0.3, -0.25) is 14.6 Å². The number of rotatable bonds is 8. The van der Waals surface area contributed by atoms with Crippen molar-refractivity contribution in [2.45, 2.75) is 50.2 Å². The molecule has 162 valence electrons. The molecule has 0 aromatic heterocycles. The molecule has 1 saturated carbocycles. The summed E-state index contributed by atoms with van der Waals surface area (Å²) < 4.78 is 45.3. The Balaban J connectivity index is 1.84. The lowest BCUT2D eigenvalue weighted by atomic mass is 9.58. The fourth-order valence-corrected chi connectivity index (χ4v) is 4.71. The van der Waals surface area contributed by atoms with Crippen molar-refractivity contribution in [1.29, 1.82) is 0 Å². The second kappa shape index (κ2) is 9.14. The summed E-state index contributed by atoms with van der Waals surface area (Å²) in [4.78, 5) is 17.4. The molecule has 7 heteroatoms. The lowest BCUT2D eigenvalue weighted by Crippen LogP contribution is -2.58. The number of alkyl halides is 3. The van der Waals surface area contributed by atoms with E-state index in [1.54, 1.807) is 6.07 Å². The van der Waals surface area contributed by atoms with Gasteiger partial charge in [0, 0.05) is 38.0 Å². The molecule has 2 fully saturated rings. The highest BCUT2D eigenvalue weighted by Crippen LogP contribution is 2.49. The van der Waals surface area contributed by atoms with Crippen LogP contribution >= 0.6 is 0 Å². The first-order valence-corrected chi connectivity index (χ1v) is 10.5. The number of carbonyl (C=O) groups is 1. The van der Waals surface area contributed by atoms with Gasteiger partial charge in [0.1, 0.15) is 0 Å². The summed E-state index contributed by atoms with van der Waals surface area (Å²) in [7, 11) is 1.94. The normalized spacial score (nSPS) is 21.0. The van der Waals surface area contributed by atoms with E-state index < -0.39 is 23.2 Å². The average molecular weight is 412 g/mol. The van der Waals surface area contributed by atoms with Crippen molar-refractivity contribution in [2.24, 2.45) is 0 Å². The summed E-state index contributed by atoms with van der Waals surface area (Å²) in [5.74, 6) is 0.103. The quantitative estimate of drug-likeness (QED) is 0.651. The van der Waals surface area contributed by atoms with Crippen LogP contribution in [0.4, 0.5) is 13.2 Å². The van der Waals surface area contributed by atoms with Crippen LogP contribution in [0.3, 0.4) is 0 Å². The van der Waals surface area contributed by atoms with E-state index >= 15 is 0 Å². The molecule has 1 aliphatic carbocycles. The molecule has 4 nitrogen and oxygen atoms in total. The van der Waals surface area contributed by atoms with Crippen LogP contribution < -0.4 is 0 Å². The third-order valence-electron chi connectivity index (χ3n) is 6.50. The van der Waals surface area contributed by atoms with E-state index in [0.717, 1.165) is 58.2 Å². The summed E-state index contributed by atoms with van der Waals surface area (Å²) in [6.07, 6.45) is -1.58. The molecular weight excluding hydrogens is 381 g/mol. The van der Waals surface area contributed by atoms with Crippen LogP contribution in [0.1, 0.15) is 43.7 Å². The number of hydrogen-bond acceptors (Lipinski definition) is 4. The van der Waals surface area contributed by atoms with Gasteiger partial charge in [-0.1, -0.05) is 31.5 Å². The van der Waals surface area contributed by atoms with Gasteiger partial charge >= 0.3 is 6.18 Å². The number of morpholine rings is 1. The van der Waals surface area contributed by atoms with Crippen LogP contribution in [0.5, 0.6) is 0 Å². The van der Waals surface area contributed by atoms with Crippen LogP contribution in [0.25, 0.3) is 0 Å². The van der Waals surface area contributed by atoms with Crippen molar-refractivity contribution in [1.82, 2.24) is 9.80 Å². The van der Waals surface area contributed by atoms with Gasteiger partial charge in [0.15, 0.2) is 5.78 Å². The van der Waals surface area contributed by atoms with Gasteiger partial charge in [-0.25, -0.2) is 0 Å². The molecule has 29 heavy (non-hydrogen) atoms. The van der Waals surface area contributed by atoms with E-state index in [1.807, 2.05) is 14.0 Å². The Hall–Kier alpha value is -1.44. The Morgan fingerprint density at radius 2 is 1.97 bits per heavy atom. The number of ketones is 1. The number of ether oxygens (including phenoxy) is 1. The summed E-state index contributed by atoms with van der Waals surface area (Å²) in [5.41, 5.74) is -0.530. The van der Waals surface area contributed by atoms with E-state index in [2.05, 4.69) is 9.80 Å². The van der Waals surface area contributed by atoms with Crippen molar-refractivity contribution in [3.05, 3.63) is 35.4 Å². The zero-order valence-corrected chi connectivity index (χ0v) is 17.3. The largest absolute Gasteiger partial charge is 0.416 e. The number of nitrogens with zero attached hydrogens (tertiary/aromatic N) is 2. The molecule has 1 saturated heterocycles. The average Bonchev–Trinajstić information content (AvgIpc) is 2.68. The number of halogens is 3. The molecule has 0 N–H and O–H groups in total. The molecule has 1 heterocycles. The summed E-state index contributed by atoms with van der Waals surface area (Å²) >= 11 is 0. The maximum Gasteiger partial charge on any atom is 0.416 e.